The normalized spacial score (nSPS) is 11.4. The first kappa shape index (κ1) is 19.2. The Morgan fingerprint density at radius 1 is 1.08 bits per heavy atom. The largest absolute Gasteiger partial charge is 0.494 e. The van der Waals surface area contributed by atoms with Gasteiger partial charge in [0.05, 0.1) is 6.61 Å². The van der Waals surface area contributed by atoms with Gasteiger partial charge in [-0.1, -0.05) is 6.07 Å². The molecule has 0 aliphatic rings. The predicted octanol–water partition coefficient (Wildman–Crippen LogP) is 2.76. The van der Waals surface area contributed by atoms with E-state index < -0.39 is 23.7 Å². The van der Waals surface area contributed by atoms with Crippen LogP contribution in [0, 0.1) is 12.7 Å². The fraction of sp³-hybridized carbons (Fsp3) is 0.263. The summed E-state index contributed by atoms with van der Waals surface area (Å²) in [4.78, 5) is 24.0. The number of benzene rings is 2. The third-order valence-electron chi connectivity index (χ3n) is 3.55. The van der Waals surface area contributed by atoms with Gasteiger partial charge in [0.15, 0.2) is 6.10 Å². The molecule has 0 spiro atoms. The molecule has 1 atom stereocenters. The molecule has 2 rings (SSSR count). The first-order valence-electron chi connectivity index (χ1n) is 8.16. The van der Waals surface area contributed by atoms with Crippen LogP contribution in [0.4, 0.5) is 4.39 Å². The topological polar surface area (TPSA) is 76.7 Å². The van der Waals surface area contributed by atoms with Crippen molar-refractivity contribution in [3.05, 3.63) is 59.4 Å². The summed E-state index contributed by atoms with van der Waals surface area (Å²) < 4.78 is 24.3. The van der Waals surface area contributed by atoms with Crippen LogP contribution < -0.4 is 20.3 Å². The van der Waals surface area contributed by atoms with Gasteiger partial charge in [-0.15, -0.1) is 0 Å². The van der Waals surface area contributed by atoms with E-state index in [4.69, 9.17) is 9.47 Å². The maximum atomic E-state index is 13.5. The molecule has 0 aliphatic carbocycles. The van der Waals surface area contributed by atoms with Crippen molar-refractivity contribution in [2.75, 3.05) is 6.61 Å². The zero-order valence-electron chi connectivity index (χ0n) is 14.8. The molecule has 0 aromatic heterocycles. The molecule has 0 saturated carbocycles. The number of rotatable bonds is 6. The lowest BCUT2D eigenvalue weighted by Gasteiger charge is -2.15. The molecule has 0 saturated heterocycles. The van der Waals surface area contributed by atoms with Crippen molar-refractivity contribution in [1.82, 2.24) is 10.9 Å². The summed E-state index contributed by atoms with van der Waals surface area (Å²) in [5.74, 6) is -0.459. The third-order valence-corrected chi connectivity index (χ3v) is 3.55. The van der Waals surface area contributed by atoms with E-state index in [0.717, 1.165) is 6.07 Å². The molecule has 0 heterocycles. The quantitative estimate of drug-likeness (QED) is 0.777. The maximum absolute atomic E-state index is 13.5. The molecular formula is C19H21FN2O4. The number of carbonyl (C=O) groups is 2. The van der Waals surface area contributed by atoms with E-state index in [-0.39, 0.29) is 5.56 Å². The number of carbonyl (C=O) groups excluding carboxylic acids is 2. The van der Waals surface area contributed by atoms with Crippen molar-refractivity contribution in [2.24, 2.45) is 0 Å². The van der Waals surface area contributed by atoms with Gasteiger partial charge in [0.1, 0.15) is 17.3 Å². The van der Waals surface area contributed by atoms with Gasteiger partial charge in [-0.2, -0.15) is 0 Å². The van der Waals surface area contributed by atoms with Crippen LogP contribution in [0.2, 0.25) is 0 Å². The Balaban J connectivity index is 1.86. The average Bonchev–Trinajstić information content (AvgIpc) is 2.63. The van der Waals surface area contributed by atoms with Crippen LogP contribution in [0.1, 0.15) is 29.8 Å². The molecule has 0 fully saturated rings. The molecule has 2 amide bonds. The minimum Gasteiger partial charge on any atom is -0.494 e. The van der Waals surface area contributed by atoms with E-state index in [1.54, 1.807) is 38.1 Å². The highest BCUT2D eigenvalue weighted by molar-refractivity contribution is 5.95. The summed E-state index contributed by atoms with van der Waals surface area (Å²) in [5.41, 5.74) is 5.03. The van der Waals surface area contributed by atoms with Gasteiger partial charge in [-0.05, 0) is 62.7 Å². The van der Waals surface area contributed by atoms with Crippen LogP contribution in [0.3, 0.4) is 0 Å². The maximum Gasteiger partial charge on any atom is 0.279 e. The predicted molar refractivity (Wildman–Crippen MR) is 94.4 cm³/mol. The van der Waals surface area contributed by atoms with E-state index in [0.29, 0.717) is 23.7 Å². The summed E-state index contributed by atoms with van der Waals surface area (Å²) in [7, 11) is 0. The number of hydrazine groups is 1. The van der Waals surface area contributed by atoms with Gasteiger partial charge in [-0.3, -0.25) is 20.4 Å². The Morgan fingerprint density at radius 3 is 2.35 bits per heavy atom. The van der Waals surface area contributed by atoms with Crippen molar-refractivity contribution >= 4 is 11.8 Å². The number of ether oxygens (including phenoxy) is 2. The van der Waals surface area contributed by atoms with E-state index in [2.05, 4.69) is 10.9 Å². The van der Waals surface area contributed by atoms with E-state index >= 15 is 0 Å². The second-order valence-electron chi connectivity index (χ2n) is 5.57. The fourth-order valence-electron chi connectivity index (χ4n) is 2.07. The number of nitrogens with one attached hydrogen (secondary N) is 2. The van der Waals surface area contributed by atoms with Crippen LogP contribution in [-0.2, 0) is 4.79 Å². The molecule has 2 aromatic rings. The molecule has 2 N–H and O–H groups in total. The smallest absolute Gasteiger partial charge is 0.279 e. The molecule has 0 aliphatic heterocycles. The number of halogens is 1. The van der Waals surface area contributed by atoms with Crippen molar-refractivity contribution in [3.8, 4) is 11.5 Å². The van der Waals surface area contributed by atoms with Gasteiger partial charge < -0.3 is 9.47 Å². The Hall–Kier alpha value is -3.09. The second kappa shape index (κ2) is 8.84. The molecule has 2 aromatic carbocycles. The lowest BCUT2D eigenvalue weighted by molar-refractivity contribution is -0.128. The molecule has 0 unspecified atom stereocenters. The zero-order chi connectivity index (χ0) is 19.1. The highest BCUT2D eigenvalue weighted by Crippen LogP contribution is 2.18. The first-order chi connectivity index (χ1) is 12.4. The van der Waals surface area contributed by atoms with Crippen LogP contribution in [-0.4, -0.2) is 24.5 Å². The van der Waals surface area contributed by atoms with Crippen molar-refractivity contribution in [2.45, 2.75) is 26.9 Å². The zero-order valence-corrected chi connectivity index (χ0v) is 14.8. The number of hydrogen-bond donors (Lipinski definition) is 2. The van der Waals surface area contributed by atoms with Crippen molar-refractivity contribution in [3.63, 3.8) is 0 Å². The van der Waals surface area contributed by atoms with Gasteiger partial charge in [0.2, 0.25) is 0 Å². The Kier molecular flexibility index (Phi) is 6.54. The Labute approximate surface area is 151 Å². The van der Waals surface area contributed by atoms with Crippen LogP contribution >= 0.6 is 0 Å². The lowest BCUT2D eigenvalue weighted by Crippen LogP contribution is -2.47. The van der Waals surface area contributed by atoms with Crippen molar-refractivity contribution in [1.29, 1.82) is 0 Å². The Bertz CT molecular complexity index is 778. The molecule has 6 nitrogen and oxygen atoms in total. The molecule has 26 heavy (non-hydrogen) atoms. The first-order valence-corrected chi connectivity index (χ1v) is 8.16. The van der Waals surface area contributed by atoms with Crippen LogP contribution in [0.25, 0.3) is 0 Å². The van der Waals surface area contributed by atoms with E-state index in [1.807, 2.05) is 6.92 Å². The standard InChI is InChI=1S/C19H21FN2O4/c1-4-25-15-7-9-16(10-8-15)26-13(3)18(23)21-22-19(24)14-6-5-12(2)17(20)11-14/h5-11,13H,4H2,1-3H3,(H,21,23)(H,22,24)/t13-/m0/s1. The third kappa shape index (κ3) is 5.20. The summed E-state index contributed by atoms with van der Waals surface area (Å²) in [6, 6.07) is 10.9. The van der Waals surface area contributed by atoms with Gasteiger partial charge in [0, 0.05) is 5.56 Å². The summed E-state index contributed by atoms with van der Waals surface area (Å²) in [6.45, 7) is 5.59. The summed E-state index contributed by atoms with van der Waals surface area (Å²) >= 11 is 0. The molecular weight excluding hydrogens is 339 g/mol. The van der Waals surface area contributed by atoms with Gasteiger partial charge in [0.25, 0.3) is 11.8 Å². The molecule has 0 bridgehead atoms. The second-order valence-corrected chi connectivity index (χ2v) is 5.57. The average molecular weight is 360 g/mol. The van der Waals surface area contributed by atoms with Crippen LogP contribution in [0.5, 0.6) is 11.5 Å². The highest BCUT2D eigenvalue weighted by atomic mass is 19.1. The molecule has 7 heteroatoms. The number of amides is 2. The van der Waals surface area contributed by atoms with Crippen LogP contribution in [0.15, 0.2) is 42.5 Å². The molecule has 0 radical (unpaired) electrons. The number of aryl methyl sites for hydroxylation is 1. The van der Waals surface area contributed by atoms with E-state index in [1.165, 1.54) is 12.1 Å². The summed E-state index contributed by atoms with van der Waals surface area (Å²) in [6.07, 6.45) is -0.844. The fourth-order valence-corrected chi connectivity index (χ4v) is 2.07. The minimum absolute atomic E-state index is 0.105. The highest BCUT2D eigenvalue weighted by Gasteiger charge is 2.16. The Morgan fingerprint density at radius 2 is 1.73 bits per heavy atom. The minimum atomic E-state index is -0.844. The summed E-state index contributed by atoms with van der Waals surface area (Å²) in [5, 5.41) is 0. The van der Waals surface area contributed by atoms with Gasteiger partial charge >= 0.3 is 0 Å². The van der Waals surface area contributed by atoms with Gasteiger partial charge in [-0.25, -0.2) is 4.39 Å². The van der Waals surface area contributed by atoms with E-state index in [9.17, 15) is 14.0 Å². The lowest BCUT2D eigenvalue weighted by atomic mass is 10.1. The monoisotopic (exact) mass is 360 g/mol. The molecule has 138 valence electrons. The number of hydrogen-bond acceptors (Lipinski definition) is 4. The van der Waals surface area contributed by atoms with Crippen molar-refractivity contribution < 1.29 is 23.5 Å². The SMILES string of the molecule is CCOc1ccc(O[C@@H](C)C(=O)NNC(=O)c2ccc(C)c(F)c2)cc1.